The first-order valence-corrected chi connectivity index (χ1v) is 5.57. The molecule has 2 rings (SSSR count). The number of hydrogen-bond acceptors (Lipinski definition) is 5. The van der Waals surface area contributed by atoms with Crippen molar-refractivity contribution >= 4 is 11.7 Å². The molecule has 0 amide bonds. The van der Waals surface area contributed by atoms with E-state index in [1.807, 2.05) is 0 Å². The van der Waals surface area contributed by atoms with Gasteiger partial charge in [-0.1, -0.05) is 11.3 Å². The monoisotopic (exact) mass is 274 g/mol. The SMILES string of the molecule is C=CCn1nnc(C(=O)O)c1-c1ccc([N+](=O)[O-])cc1. The molecule has 0 radical (unpaired) electrons. The van der Waals surface area contributed by atoms with Crippen molar-refractivity contribution in [2.45, 2.75) is 6.54 Å². The van der Waals surface area contributed by atoms with Gasteiger partial charge in [0.25, 0.3) is 5.69 Å². The molecule has 0 unspecified atom stereocenters. The third-order valence-corrected chi connectivity index (χ3v) is 2.59. The second kappa shape index (κ2) is 5.31. The molecule has 1 aromatic heterocycles. The van der Waals surface area contributed by atoms with Crippen LogP contribution >= 0.6 is 0 Å². The summed E-state index contributed by atoms with van der Waals surface area (Å²) in [5.41, 5.74) is 0.487. The van der Waals surface area contributed by atoms with Crippen LogP contribution in [0.25, 0.3) is 11.3 Å². The number of aromatic nitrogens is 3. The van der Waals surface area contributed by atoms with Gasteiger partial charge in [-0.3, -0.25) is 10.1 Å². The van der Waals surface area contributed by atoms with Gasteiger partial charge in [0.1, 0.15) is 5.69 Å². The number of carbonyl (C=O) groups is 1. The molecule has 0 saturated carbocycles. The van der Waals surface area contributed by atoms with E-state index in [9.17, 15) is 14.9 Å². The quantitative estimate of drug-likeness (QED) is 0.505. The van der Waals surface area contributed by atoms with Crippen LogP contribution in [-0.4, -0.2) is 31.0 Å². The molecule has 8 nitrogen and oxygen atoms in total. The maximum Gasteiger partial charge on any atom is 0.358 e. The fraction of sp³-hybridized carbons (Fsp3) is 0.0833. The van der Waals surface area contributed by atoms with Crippen LogP contribution in [0.4, 0.5) is 5.69 Å². The minimum atomic E-state index is -1.21. The predicted octanol–water partition coefficient (Wildman–Crippen LogP) is 1.74. The smallest absolute Gasteiger partial charge is 0.358 e. The Morgan fingerprint density at radius 3 is 2.60 bits per heavy atom. The molecule has 20 heavy (non-hydrogen) atoms. The fourth-order valence-electron chi connectivity index (χ4n) is 1.73. The Hall–Kier alpha value is -3.03. The van der Waals surface area contributed by atoms with E-state index >= 15 is 0 Å². The lowest BCUT2D eigenvalue weighted by atomic mass is 10.1. The van der Waals surface area contributed by atoms with E-state index in [-0.39, 0.29) is 23.6 Å². The average Bonchev–Trinajstić information content (AvgIpc) is 2.83. The van der Waals surface area contributed by atoms with Crippen molar-refractivity contribution in [2.24, 2.45) is 0 Å². The number of non-ortho nitro benzene ring substituents is 1. The summed E-state index contributed by atoms with van der Waals surface area (Å²) in [6.07, 6.45) is 1.55. The maximum atomic E-state index is 11.1. The Morgan fingerprint density at radius 1 is 1.45 bits per heavy atom. The molecule has 0 bridgehead atoms. The Morgan fingerprint density at radius 2 is 2.10 bits per heavy atom. The van der Waals surface area contributed by atoms with Crippen LogP contribution in [0.1, 0.15) is 10.5 Å². The fourth-order valence-corrected chi connectivity index (χ4v) is 1.73. The second-order valence-electron chi connectivity index (χ2n) is 3.87. The lowest BCUT2D eigenvalue weighted by Crippen LogP contribution is -2.04. The molecule has 0 saturated heterocycles. The zero-order valence-corrected chi connectivity index (χ0v) is 10.3. The molecule has 0 aliphatic heterocycles. The Labute approximate surface area is 113 Å². The van der Waals surface area contributed by atoms with Crippen LogP contribution in [0.3, 0.4) is 0 Å². The number of nitro groups is 1. The van der Waals surface area contributed by atoms with Gasteiger partial charge in [-0.15, -0.1) is 11.7 Å². The Kier molecular flexibility index (Phi) is 3.56. The number of nitro benzene ring substituents is 1. The standard InChI is InChI=1S/C12H10N4O4/c1-2-7-15-11(10(12(17)18)13-14-15)8-3-5-9(6-4-8)16(19)20/h2-6H,1,7H2,(H,17,18). The lowest BCUT2D eigenvalue weighted by molar-refractivity contribution is -0.384. The molecule has 1 N–H and O–H groups in total. The molecule has 2 aromatic rings. The van der Waals surface area contributed by atoms with Crippen LogP contribution < -0.4 is 0 Å². The predicted molar refractivity (Wildman–Crippen MR) is 69.3 cm³/mol. The highest BCUT2D eigenvalue weighted by Gasteiger charge is 2.20. The second-order valence-corrected chi connectivity index (χ2v) is 3.87. The van der Waals surface area contributed by atoms with Crippen molar-refractivity contribution in [1.29, 1.82) is 0 Å². The van der Waals surface area contributed by atoms with Gasteiger partial charge in [0, 0.05) is 17.7 Å². The molecule has 0 aliphatic rings. The zero-order valence-electron chi connectivity index (χ0n) is 10.3. The van der Waals surface area contributed by atoms with Gasteiger partial charge in [0.05, 0.1) is 11.5 Å². The summed E-state index contributed by atoms with van der Waals surface area (Å²) in [4.78, 5) is 21.2. The molecule has 0 aliphatic carbocycles. The van der Waals surface area contributed by atoms with Crippen LogP contribution in [0.15, 0.2) is 36.9 Å². The topological polar surface area (TPSA) is 111 Å². The molecular formula is C12H10N4O4. The van der Waals surface area contributed by atoms with Gasteiger partial charge in [0.2, 0.25) is 0 Å². The van der Waals surface area contributed by atoms with Crippen molar-refractivity contribution in [3.05, 3.63) is 52.7 Å². The summed E-state index contributed by atoms with van der Waals surface area (Å²) in [5, 5.41) is 27.1. The largest absolute Gasteiger partial charge is 0.476 e. The van der Waals surface area contributed by atoms with Crippen molar-refractivity contribution in [1.82, 2.24) is 15.0 Å². The molecule has 8 heteroatoms. The van der Waals surface area contributed by atoms with Crippen LogP contribution in [0, 0.1) is 10.1 Å². The first-order chi connectivity index (χ1) is 9.54. The molecular weight excluding hydrogens is 264 g/mol. The summed E-state index contributed by atoms with van der Waals surface area (Å²) in [5.74, 6) is -1.21. The molecule has 0 atom stereocenters. The molecule has 1 heterocycles. The zero-order chi connectivity index (χ0) is 14.7. The summed E-state index contributed by atoms with van der Waals surface area (Å²) in [6, 6.07) is 5.52. The minimum Gasteiger partial charge on any atom is -0.476 e. The first-order valence-electron chi connectivity index (χ1n) is 5.57. The van der Waals surface area contributed by atoms with Crippen LogP contribution in [-0.2, 0) is 6.54 Å². The van der Waals surface area contributed by atoms with Gasteiger partial charge in [-0.25, -0.2) is 9.48 Å². The third kappa shape index (κ3) is 2.39. The minimum absolute atomic E-state index is 0.0756. The number of hydrogen-bond donors (Lipinski definition) is 1. The highest BCUT2D eigenvalue weighted by atomic mass is 16.6. The van der Waals surface area contributed by atoms with E-state index in [1.165, 1.54) is 28.9 Å². The van der Waals surface area contributed by atoms with Crippen molar-refractivity contribution in [2.75, 3.05) is 0 Å². The van der Waals surface area contributed by atoms with E-state index in [4.69, 9.17) is 5.11 Å². The Bertz CT molecular complexity index is 675. The third-order valence-electron chi connectivity index (χ3n) is 2.59. The molecule has 0 spiro atoms. The van der Waals surface area contributed by atoms with Gasteiger partial charge >= 0.3 is 5.97 Å². The summed E-state index contributed by atoms with van der Waals surface area (Å²) in [6.45, 7) is 3.84. The van der Waals surface area contributed by atoms with Crippen molar-refractivity contribution < 1.29 is 14.8 Å². The maximum absolute atomic E-state index is 11.1. The number of nitrogens with zero attached hydrogens (tertiary/aromatic N) is 4. The summed E-state index contributed by atoms with van der Waals surface area (Å²) >= 11 is 0. The number of benzene rings is 1. The Balaban J connectivity index is 2.54. The number of rotatable bonds is 5. The van der Waals surface area contributed by atoms with E-state index in [0.717, 1.165) is 0 Å². The highest BCUT2D eigenvalue weighted by molar-refractivity contribution is 5.92. The van der Waals surface area contributed by atoms with Crippen LogP contribution in [0.5, 0.6) is 0 Å². The van der Waals surface area contributed by atoms with Gasteiger partial charge < -0.3 is 5.11 Å². The highest BCUT2D eigenvalue weighted by Crippen LogP contribution is 2.24. The molecule has 102 valence electrons. The number of carboxylic acid groups (broad SMARTS) is 1. The van der Waals surface area contributed by atoms with E-state index in [0.29, 0.717) is 5.56 Å². The van der Waals surface area contributed by atoms with E-state index in [1.54, 1.807) is 6.08 Å². The lowest BCUT2D eigenvalue weighted by Gasteiger charge is -2.04. The summed E-state index contributed by atoms with van der Waals surface area (Å²) in [7, 11) is 0. The summed E-state index contributed by atoms with van der Waals surface area (Å²) < 4.78 is 1.37. The average molecular weight is 274 g/mol. The number of allylic oxidation sites excluding steroid dienone is 1. The van der Waals surface area contributed by atoms with E-state index < -0.39 is 10.9 Å². The normalized spacial score (nSPS) is 10.2. The van der Waals surface area contributed by atoms with Crippen molar-refractivity contribution in [3.8, 4) is 11.3 Å². The number of carboxylic acids is 1. The number of aromatic carboxylic acids is 1. The van der Waals surface area contributed by atoms with Gasteiger partial charge in [-0.05, 0) is 12.1 Å². The van der Waals surface area contributed by atoms with Crippen molar-refractivity contribution in [3.63, 3.8) is 0 Å². The van der Waals surface area contributed by atoms with Gasteiger partial charge in [0.15, 0.2) is 5.69 Å². The molecule has 1 aromatic carbocycles. The van der Waals surface area contributed by atoms with Crippen LogP contribution in [0.2, 0.25) is 0 Å². The molecule has 0 fully saturated rings. The van der Waals surface area contributed by atoms with E-state index in [2.05, 4.69) is 16.9 Å². The first kappa shape index (κ1) is 13.4. The van der Waals surface area contributed by atoms with Gasteiger partial charge in [-0.2, -0.15) is 0 Å².